The summed E-state index contributed by atoms with van der Waals surface area (Å²) in [4.78, 5) is 23.1. The SMILES string of the molecule is COC(=O)C(CC(C)C)NCC(=O)NCC1CC1. The van der Waals surface area contributed by atoms with Crippen molar-refractivity contribution in [1.82, 2.24) is 10.6 Å². The molecule has 1 fully saturated rings. The van der Waals surface area contributed by atoms with Crippen molar-refractivity contribution in [3.63, 3.8) is 0 Å². The number of methoxy groups -OCH3 is 1. The van der Waals surface area contributed by atoms with E-state index in [-0.39, 0.29) is 18.4 Å². The minimum atomic E-state index is -0.401. The van der Waals surface area contributed by atoms with Gasteiger partial charge in [0.05, 0.1) is 13.7 Å². The van der Waals surface area contributed by atoms with Gasteiger partial charge in [0, 0.05) is 6.54 Å². The van der Waals surface area contributed by atoms with Gasteiger partial charge in [-0.2, -0.15) is 0 Å². The third-order valence-electron chi connectivity index (χ3n) is 2.99. The van der Waals surface area contributed by atoms with Gasteiger partial charge in [-0.3, -0.25) is 14.9 Å². The van der Waals surface area contributed by atoms with Crippen molar-refractivity contribution in [3.05, 3.63) is 0 Å². The van der Waals surface area contributed by atoms with E-state index in [4.69, 9.17) is 4.74 Å². The smallest absolute Gasteiger partial charge is 0.322 e. The highest BCUT2D eigenvalue weighted by Crippen LogP contribution is 2.27. The Balaban J connectivity index is 2.25. The lowest BCUT2D eigenvalue weighted by Gasteiger charge is -2.18. The number of hydrogen-bond acceptors (Lipinski definition) is 4. The molecule has 0 aromatic carbocycles. The number of carbonyl (C=O) groups excluding carboxylic acids is 2. The van der Waals surface area contributed by atoms with Crippen LogP contribution in [0.5, 0.6) is 0 Å². The van der Waals surface area contributed by atoms with E-state index in [9.17, 15) is 9.59 Å². The predicted octanol–water partition coefficient (Wildman–Crippen LogP) is 0.690. The van der Waals surface area contributed by atoms with Gasteiger partial charge in [-0.05, 0) is 31.1 Å². The van der Waals surface area contributed by atoms with E-state index in [1.54, 1.807) is 0 Å². The quantitative estimate of drug-likeness (QED) is 0.627. The normalized spacial score (nSPS) is 16.4. The van der Waals surface area contributed by atoms with Crippen molar-refractivity contribution in [1.29, 1.82) is 0 Å². The van der Waals surface area contributed by atoms with Crippen LogP contribution in [0.2, 0.25) is 0 Å². The maximum Gasteiger partial charge on any atom is 0.322 e. The molecule has 0 saturated heterocycles. The second-order valence-corrected chi connectivity index (χ2v) is 5.33. The zero-order valence-corrected chi connectivity index (χ0v) is 11.5. The molecule has 0 heterocycles. The lowest BCUT2D eigenvalue weighted by Crippen LogP contribution is -2.44. The number of esters is 1. The number of nitrogens with one attached hydrogen (secondary N) is 2. The van der Waals surface area contributed by atoms with Crippen LogP contribution in [0.15, 0.2) is 0 Å². The Morgan fingerprint density at radius 3 is 2.50 bits per heavy atom. The van der Waals surface area contributed by atoms with E-state index in [0.29, 0.717) is 18.3 Å². The summed E-state index contributed by atoms with van der Waals surface area (Å²) in [6.07, 6.45) is 3.10. The Labute approximate surface area is 109 Å². The van der Waals surface area contributed by atoms with Gasteiger partial charge in [0.25, 0.3) is 0 Å². The van der Waals surface area contributed by atoms with Crippen LogP contribution < -0.4 is 10.6 Å². The number of hydrogen-bond donors (Lipinski definition) is 2. The topological polar surface area (TPSA) is 67.4 Å². The first-order valence-electron chi connectivity index (χ1n) is 6.60. The molecule has 5 nitrogen and oxygen atoms in total. The van der Waals surface area contributed by atoms with Gasteiger partial charge < -0.3 is 10.1 Å². The number of amides is 1. The molecule has 0 aromatic heterocycles. The van der Waals surface area contributed by atoms with Crippen LogP contribution in [0.4, 0.5) is 0 Å². The first-order valence-corrected chi connectivity index (χ1v) is 6.60. The zero-order chi connectivity index (χ0) is 13.5. The summed E-state index contributed by atoms with van der Waals surface area (Å²) in [6.45, 7) is 4.99. The van der Waals surface area contributed by atoms with Crippen LogP contribution in [0.3, 0.4) is 0 Å². The molecule has 0 spiro atoms. The first kappa shape index (κ1) is 15.0. The average Bonchev–Trinajstić information content (AvgIpc) is 3.14. The number of rotatable bonds is 8. The molecule has 18 heavy (non-hydrogen) atoms. The minimum Gasteiger partial charge on any atom is -0.468 e. The highest BCUT2D eigenvalue weighted by Gasteiger charge is 2.23. The first-order chi connectivity index (χ1) is 8.52. The molecular weight excluding hydrogens is 232 g/mol. The lowest BCUT2D eigenvalue weighted by atomic mass is 10.0. The Morgan fingerprint density at radius 1 is 1.33 bits per heavy atom. The summed E-state index contributed by atoms with van der Waals surface area (Å²) >= 11 is 0. The summed E-state index contributed by atoms with van der Waals surface area (Å²) in [5, 5.41) is 5.82. The maximum absolute atomic E-state index is 11.6. The molecule has 1 amide bonds. The highest BCUT2D eigenvalue weighted by atomic mass is 16.5. The van der Waals surface area contributed by atoms with Gasteiger partial charge in [0.1, 0.15) is 6.04 Å². The van der Waals surface area contributed by atoms with Crippen LogP contribution in [-0.2, 0) is 14.3 Å². The van der Waals surface area contributed by atoms with Crippen LogP contribution in [0, 0.1) is 11.8 Å². The molecule has 1 atom stereocenters. The summed E-state index contributed by atoms with van der Waals surface area (Å²) in [5.74, 6) is 0.676. The second kappa shape index (κ2) is 7.36. The molecule has 5 heteroatoms. The van der Waals surface area contributed by atoms with Crippen LogP contribution in [0.1, 0.15) is 33.1 Å². The lowest BCUT2D eigenvalue weighted by molar-refractivity contribution is -0.143. The van der Waals surface area contributed by atoms with Crippen molar-refractivity contribution >= 4 is 11.9 Å². The van der Waals surface area contributed by atoms with Crippen molar-refractivity contribution in [2.24, 2.45) is 11.8 Å². The maximum atomic E-state index is 11.6. The second-order valence-electron chi connectivity index (χ2n) is 5.33. The van der Waals surface area contributed by atoms with Crippen LogP contribution in [0.25, 0.3) is 0 Å². The van der Waals surface area contributed by atoms with E-state index in [2.05, 4.69) is 10.6 Å². The van der Waals surface area contributed by atoms with Crippen molar-refractivity contribution in [2.45, 2.75) is 39.2 Å². The molecule has 104 valence electrons. The van der Waals surface area contributed by atoms with Gasteiger partial charge in [-0.1, -0.05) is 13.8 Å². The summed E-state index contributed by atoms with van der Waals surface area (Å²) in [7, 11) is 1.37. The van der Waals surface area contributed by atoms with Crippen LogP contribution in [-0.4, -0.2) is 38.1 Å². The van der Waals surface area contributed by atoms with Gasteiger partial charge >= 0.3 is 5.97 Å². The largest absolute Gasteiger partial charge is 0.468 e. The van der Waals surface area contributed by atoms with E-state index in [1.165, 1.54) is 20.0 Å². The van der Waals surface area contributed by atoms with E-state index >= 15 is 0 Å². The van der Waals surface area contributed by atoms with Crippen molar-refractivity contribution in [3.8, 4) is 0 Å². The predicted molar refractivity (Wildman–Crippen MR) is 69.0 cm³/mol. The summed E-state index contributed by atoms with van der Waals surface area (Å²) < 4.78 is 4.72. The third kappa shape index (κ3) is 6.00. The van der Waals surface area contributed by atoms with E-state index in [1.807, 2.05) is 13.8 Å². The van der Waals surface area contributed by atoms with Gasteiger partial charge in [0.2, 0.25) is 5.91 Å². The molecule has 1 unspecified atom stereocenters. The zero-order valence-electron chi connectivity index (χ0n) is 11.5. The molecule has 0 bridgehead atoms. The molecule has 1 rings (SSSR count). The Bertz CT molecular complexity index is 288. The van der Waals surface area contributed by atoms with Crippen LogP contribution >= 0.6 is 0 Å². The monoisotopic (exact) mass is 256 g/mol. The van der Waals surface area contributed by atoms with E-state index in [0.717, 1.165) is 6.54 Å². The highest BCUT2D eigenvalue weighted by molar-refractivity contribution is 5.80. The standard InChI is InChI=1S/C13H24N2O3/c1-9(2)6-11(13(17)18-3)14-8-12(16)15-7-10-4-5-10/h9-11,14H,4-8H2,1-3H3,(H,15,16). The summed E-state index contributed by atoms with van der Waals surface area (Å²) in [5.41, 5.74) is 0. The fourth-order valence-electron chi connectivity index (χ4n) is 1.74. The minimum absolute atomic E-state index is 0.0560. The molecule has 0 radical (unpaired) electrons. The van der Waals surface area contributed by atoms with Gasteiger partial charge in [-0.15, -0.1) is 0 Å². The molecule has 0 aromatic rings. The number of carbonyl (C=O) groups is 2. The Kier molecular flexibility index (Phi) is 6.12. The molecule has 0 aliphatic heterocycles. The third-order valence-corrected chi connectivity index (χ3v) is 2.99. The van der Waals surface area contributed by atoms with Gasteiger partial charge in [0.15, 0.2) is 0 Å². The van der Waals surface area contributed by atoms with Gasteiger partial charge in [-0.25, -0.2) is 0 Å². The van der Waals surface area contributed by atoms with Crippen molar-refractivity contribution in [2.75, 3.05) is 20.2 Å². The average molecular weight is 256 g/mol. The fourth-order valence-corrected chi connectivity index (χ4v) is 1.74. The molecule has 1 aliphatic rings. The molecule has 1 saturated carbocycles. The number of ether oxygens (including phenoxy) is 1. The fraction of sp³-hybridized carbons (Fsp3) is 0.846. The molecule has 1 aliphatic carbocycles. The Hall–Kier alpha value is -1.10. The molecule has 2 N–H and O–H groups in total. The van der Waals surface area contributed by atoms with Crippen molar-refractivity contribution < 1.29 is 14.3 Å². The van der Waals surface area contributed by atoms with E-state index < -0.39 is 6.04 Å². The summed E-state index contributed by atoms with van der Waals surface area (Å²) in [6, 6.07) is -0.401. The molecular formula is C13H24N2O3. The Morgan fingerprint density at radius 2 is 2.00 bits per heavy atom.